The minimum absolute atomic E-state index is 0.0143. The maximum absolute atomic E-state index is 12.2. The van der Waals surface area contributed by atoms with Crippen molar-refractivity contribution in [1.29, 1.82) is 0 Å². The Kier molecular flexibility index (Phi) is 6.48. The van der Waals surface area contributed by atoms with Crippen molar-refractivity contribution in [2.45, 2.75) is 32.2 Å². The van der Waals surface area contributed by atoms with Crippen molar-refractivity contribution in [2.75, 3.05) is 23.3 Å². The van der Waals surface area contributed by atoms with Gasteiger partial charge in [-0.3, -0.25) is 9.59 Å². The number of halogens is 1. The minimum atomic E-state index is -0.0143. The van der Waals surface area contributed by atoms with E-state index < -0.39 is 0 Å². The maximum atomic E-state index is 12.2. The SMILES string of the molecule is C[C@@H]([NH2+]CCC(=O)Nc1ccc(N2CCCC2=O)cc1)c1ccc(Cl)cc1. The number of nitrogens with one attached hydrogen (secondary N) is 1. The average molecular weight is 387 g/mol. The quantitative estimate of drug-likeness (QED) is 0.767. The second kappa shape index (κ2) is 9.02. The topological polar surface area (TPSA) is 66.0 Å². The third-order valence-electron chi connectivity index (χ3n) is 4.82. The van der Waals surface area contributed by atoms with E-state index in [4.69, 9.17) is 11.6 Å². The molecular formula is C21H25ClN3O2+. The molecule has 5 nitrogen and oxygen atoms in total. The van der Waals surface area contributed by atoms with Crippen molar-refractivity contribution in [2.24, 2.45) is 0 Å². The number of carbonyl (C=O) groups is 2. The number of hydrogen-bond acceptors (Lipinski definition) is 2. The van der Waals surface area contributed by atoms with E-state index in [-0.39, 0.29) is 17.9 Å². The number of quaternary nitrogens is 1. The summed E-state index contributed by atoms with van der Waals surface area (Å²) in [6.45, 7) is 3.59. The molecule has 1 aliphatic rings. The van der Waals surface area contributed by atoms with Crippen LogP contribution >= 0.6 is 11.6 Å². The first-order valence-corrected chi connectivity index (χ1v) is 9.70. The molecule has 2 amide bonds. The summed E-state index contributed by atoms with van der Waals surface area (Å²) in [4.78, 5) is 25.7. The van der Waals surface area contributed by atoms with Crippen molar-refractivity contribution in [1.82, 2.24) is 0 Å². The summed E-state index contributed by atoms with van der Waals surface area (Å²) in [7, 11) is 0. The fourth-order valence-corrected chi connectivity index (χ4v) is 3.36. The van der Waals surface area contributed by atoms with Gasteiger partial charge < -0.3 is 15.5 Å². The van der Waals surface area contributed by atoms with Crippen LogP contribution in [0.15, 0.2) is 48.5 Å². The lowest BCUT2D eigenvalue weighted by Gasteiger charge is -2.16. The van der Waals surface area contributed by atoms with Crippen LogP contribution < -0.4 is 15.5 Å². The fourth-order valence-electron chi connectivity index (χ4n) is 3.24. The molecule has 2 aromatic carbocycles. The standard InChI is InChI=1S/C21H24ClN3O2/c1-15(16-4-6-17(22)7-5-16)23-13-12-20(26)24-18-8-10-19(11-9-18)25-14-2-3-21(25)27/h4-11,15,23H,2-3,12-14H2,1H3,(H,24,26)/p+1/t15-/m1/s1. The molecule has 3 rings (SSSR count). The Balaban J connectivity index is 1.43. The average Bonchev–Trinajstić information content (AvgIpc) is 3.09. The van der Waals surface area contributed by atoms with E-state index in [9.17, 15) is 9.59 Å². The molecule has 0 bridgehead atoms. The summed E-state index contributed by atoms with van der Waals surface area (Å²) in [5.74, 6) is 0.150. The molecular weight excluding hydrogens is 362 g/mol. The molecule has 0 aromatic heterocycles. The first-order chi connectivity index (χ1) is 13.0. The number of amides is 2. The summed E-state index contributed by atoms with van der Waals surface area (Å²) < 4.78 is 0. The second-order valence-corrected chi connectivity index (χ2v) is 7.30. The van der Waals surface area contributed by atoms with Gasteiger partial charge in [-0.15, -0.1) is 0 Å². The fraction of sp³-hybridized carbons (Fsp3) is 0.333. The molecule has 27 heavy (non-hydrogen) atoms. The van der Waals surface area contributed by atoms with E-state index >= 15 is 0 Å². The van der Waals surface area contributed by atoms with E-state index in [0.29, 0.717) is 19.4 Å². The third kappa shape index (κ3) is 5.31. The predicted molar refractivity (Wildman–Crippen MR) is 108 cm³/mol. The van der Waals surface area contributed by atoms with Gasteiger partial charge in [-0.1, -0.05) is 23.7 Å². The summed E-state index contributed by atoms with van der Waals surface area (Å²) in [5, 5.41) is 5.78. The number of nitrogens with two attached hydrogens (primary N) is 1. The molecule has 1 fully saturated rings. The molecule has 0 unspecified atom stereocenters. The van der Waals surface area contributed by atoms with Gasteiger partial charge in [0.2, 0.25) is 11.8 Å². The van der Waals surface area contributed by atoms with Crippen LogP contribution in [0.5, 0.6) is 0 Å². The van der Waals surface area contributed by atoms with E-state index in [1.54, 1.807) is 4.90 Å². The van der Waals surface area contributed by atoms with Gasteiger partial charge in [-0.05, 0) is 49.7 Å². The van der Waals surface area contributed by atoms with Gasteiger partial charge in [0.05, 0.1) is 13.0 Å². The van der Waals surface area contributed by atoms with Crippen LogP contribution in [0.25, 0.3) is 0 Å². The minimum Gasteiger partial charge on any atom is -0.340 e. The largest absolute Gasteiger partial charge is 0.340 e. The molecule has 1 atom stereocenters. The lowest BCUT2D eigenvalue weighted by atomic mass is 10.1. The Labute approximate surface area is 164 Å². The highest BCUT2D eigenvalue weighted by atomic mass is 35.5. The Morgan fingerprint density at radius 2 is 1.89 bits per heavy atom. The van der Waals surface area contributed by atoms with Crippen LogP contribution in [0, 0.1) is 0 Å². The maximum Gasteiger partial charge on any atom is 0.230 e. The first-order valence-electron chi connectivity index (χ1n) is 9.32. The monoisotopic (exact) mass is 386 g/mol. The summed E-state index contributed by atoms with van der Waals surface area (Å²) >= 11 is 5.91. The van der Waals surface area contributed by atoms with Gasteiger partial charge >= 0.3 is 0 Å². The molecule has 142 valence electrons. The van der Waals surface area contributed by atoms with Crippen LogP contribution in [-0.2, 0) is 9.59 Å². The third-order valence-corrected chi connectivity index (χ3v) is 5.08. The Morgan fingerprint density at radius 1 is 1.19 bits per heavy atom. The van der Waals surface area contributed by atoms with Crippen molar-refractivity contribution in [3.8, 4) is 0 Å². The molecule has 1 heterocycles. The van der Waals surface area contributed by atoms with E-state index in [0.717, 1.165) is 29.4 Å². The van der Waals surface area contributed by atoms with Crippen LogP contribution in [0.2, 0.25) is 5.02 Å². The van der Waals surface area contributed by atoms with Crippen LogP contribution in [0.3, 0.4) is 0 Å². The zero-order valence-corrected chi connectivity index (χ0v) is 16.2. The zero-order chi connectivity index (χ0) is 19.2. The lowest BCUT2D eigenvalue weighted by molar-refractivity contribution is -0.691. The van der Waals surface area contributed by atoms with Crippen molar-refractivity contribution < 1.29 is 14.9 Å². The van der Waals surface area contributed by atoms with E-state index in [1.807, 2.05) is 48.5 Å². The second-order valence-electron chi connectivity index (χ2n) is 6.86. The molecule has 0 spiro atoms. The molecule has 0 aliphatic carbocycles. The van der Waals surface area contributed by atoms with E-state index in [1.165, 1.54) is 5.56 Å². The predicted octanol–water partition coefficient (Wildman–Crippen LogP) is 3.12. The van der Waals surface area contributed by atoms with Gasteiger partial charge in [0.15, 0.2) is 0 Å². The summed E-state index contributed by atoms with van der Waals surface area (Å²) in [6.07, 6.45) is 1.95. The molecule has 3 N–H and O–H groups in total. The zero-order valence-electron chi connectivity index (χ0n) is 15.5. The Morgan fingerprint density at radius 3 is 2.52 bits per heavy atom. The highest BCUT2D eigenvalue weighted by molar-refractivity contribution is 6.30. The molecule has 1 aliphatic heterocycles. The van der Waals surface area contributed by atoms with Crippen molar-refractivity contribution in [3.63, 3.8) is 0 Å². The van der Waals surface area contributed by atoms with Gasteiger partial charge in [0.1, 0.15) is 6.04 Å². The number of rotatable bonds is 7. The smallest absolute Gasteiger partial charge is 0.230 e. The summed E-state index contributed by atoms with van der Waals surface area (Å²) in [5.41, 5.74) is 2.83. The van der Waals surface area contributed by atoms with Crippen LogP contribution in [-0.4, -0.2) is 24.9 Å². The normalized spacial score (nSPS) is 15.0. The Hall–Kier alpha value is -2.37. The van der Waals surface area contributed by atoms with Gasteiger partial charge in [0.25, 0.3) is 0 Å². The van der Waals surface area contributed by atoms with Gasteiger partial charge in [-0.25, -0.2) is 0 Å². The molecule has 6 heteroatoms. The van der Waals surface area contributed by atoms with Gasteiger partial charge in [-0.2, -0.15) is 0 Å². The molecule has 2 aromatic rings. The number of carbonyl (C=O) groups excluding carboxylic acids is 2. The van der Waals surface area contributed by atoms with Crippen LogP contribution in [0.1, 0.15) is 37.8 Å². The first kappa shape index (κ1) is 19.4. The van der Waals surface area contributed by atoms with Crippen molar-refractivity contribution >= 4 is 34.8 Å². The number of benzene rings is 2. The molecule has 0 saturated carbocycles. The number of hydrogen-bond donors (Lipinski definition) is 2. The highest BCUT2D eigenvalue weighted by Crippen LogP contribution is 2.23. The van der Waals surface area contributed by atoms with Crippen molar-refractivity contribution in [3.05, 3.63) is 59.1 Å². The van der Waals surface area contributed by atoms with E-state index in [2.05, 4.69) is 17.6 Å². The van der Waals surface area contributed by atoms with Gasteiger partial charge in [0, 0.05) is 34.9 Å². The number of nitrogens with zero attached hydrogens (tertiary/aromatic N) is 1. The highest BCUT2D eigenvalue weighted by Gasteiger charge is 2.21. The number of anilines is 2. The Bertz CT molecular complexity index is 790. The molecule has 0 radical (unpaired) electrons. The molecule has 1 saturated heterocycles. The lowest BCUT2D eigenvalue weighted by Crippen LogP contribution is -2.85. The summed E-state index contributed by atoms with van der Waals surface area (Å²) in [6, 6.07) is 15.5. The van der Waals surface area contributed by atoms with Crippen LogP contribution in [0.4, 0.5) is 11.4 Å².